The average Bonchev–Trinajstić information content (AvgIpc) is 2.88. The van der Waals surface area contributed by atoms with E-state index in [-0.39, 0.29) is 17.4 Å². The maximum atomic E-state index is 12.7. The Balaban J connectivity index is 1.32. The lowest BCUT2D eigenvalue weighted by molar-refractivity contribution is -0.123. The van der Waals surface area contributed by atoms with Gasteiger partial charge in [0.25, 0.3) is 0 Å². The van der Waals surface area contributed by atoms with Crippen LogP contribution in [0.25, 0.3) is 0 Å². The molecule has 0 radical (unpaired) electrons. The fraction of sp³-hybridized carbons (Fsp3) is 0.632. The molecule has 1 aromatic carbocycles. The van der Waals surface area contributed by atoms with Gasteiger partial charge in [0.1, 0.15) is 0 Å². The third-order valence-electron chi connectivity index (χ3n) is 5.83. The second-order valence-electron chi connectivity index (χ2n) is 7.25. The van der Waals surface area contributed by atoms with Crippen LogP contribution < -0.4 is 5.32 Å². The molecule has 6 heteroatoms. The van der Waals surface area contributed by atoms with E-state index in [1.807, 2.05) is 12.1 Å². The topological polar surface area (TPSA) is 50.8 Å². The van der Waals surface area contributed by atoms with Crippen molar-refractivity contribution >= 4 is 27.5 Å². The number of morpholine rings is 1. The van der Waals surface area contributed by atoms with Gasteiger partial charge in [0.15, 0.2) is 0 Å². The second-order valence-corrected chi connectivity index (χ2v) is 8.17. The molecule has 1 saturated carbocycles. The van der Waals surface area contributed by atoms with Crippen LogP contribution >= 0.6 is 15.9 Å². The van der Waals surface area contributed by atoms with Crippen LogP contribution in [0.5, 0.6) is 0 Å². The predicted octanol–water partition coefficient (Wildman–Crippen LogP) is 2.93. The Morgan fingerprint density at radius 2 is 2.04 bits per heavy atom. The van der Waals surface area contributed by atoms with Crippen LogP contribution in [0.1, 0.15) is 31.2 Å². The minimum Gasteiger partial charge on any atom is -0.379 e. The van der Waals surface area contributed by atoms with E-state index >= 15 is 0 Å². The summed E-state index contributed by atoms with van der Waals surface area (Å²) in [5.41, 5.74) is 1.78. The van der Waals surface area contributed by atoms with Crippen LogP contribution in [-0.2, 0) is 19.7 Å². The highest BCUT2D eigenvalue weighted by Gasteiger charge is 2.48. The van der Waals surface area contributed by atoms with Crippen LogP contribution in [0.4, 0.5) is 5.69 Å². The first kappa shape index (κ1) is 17.5. The molecule has 4 rings (SSSR count). The Bertz CT molecular complexity index is 638. The van der Waals surface area contributed by atoms with E-state index in [0.717, 1.165) is 80.9 Å². The summed E-state index contributed by atoms with van der Waals surface area (Å²) in [6.45, 7) is 5.41. The molecule has 3 aliphatic rings. The SMILES string of the molecule is O=C1Nc2cc(Br)ccc2C12CCC(OCCN1CCOCC1)CC2. The van der Waals surface area contributed by atoms with Crippen LogP contribution in [0.3, 0.4) is 0 Å². The quantitative estimate of drug-likeness (QED) is 0.831. The predicted molar refractivity (Wildman–Crippen MR) is 99.9 cm³/mol. The molecule has 0 aromatic heterocycles. The number of hydrogen-bond donors (Lipinski definition) is 1. The number of hydrogen-bond acceptors (Lipinski definition) is 4. The van der Waals surface area contributed by atoms with Crippen LogP contribution in [0, 0.1) is 0 Å². The third kappa shape index (κ3) is 3.50. The third-order valence-corrected chi connectivity index (χ3v) is 6.32. The summed E-state index contributed by atoms with van der Waals surface area (Å²) in [5, 5.41) is 3.07. The fourth-order valence-corrected chi connectivity index (χ4v) is 4.68. The molecular formula is C19H25BrN2O3. The van der Waals surface area contributed by atoms with Crippen molar-refractivity contribution < 1.29 is 14.3 Å². The van der Waals surface area contributed by atoms with Crippen molar-refractivity contribution in [2.24, 2.45) is 0 Å². The zero-order valence-corrected chi connectivity index (χ0v) is 16.0. The lowest BCUT2D eigenvalue weighted by Crippen LogP contribution is -2.41. The minimum absolute atomic E-state index is 0.160. The summed E-state index contributed by atoms with van der Waals surface area (Å²) < 4.78 is 12.5. The number of fused-ring (bicyclic) bond motifs is 2. The Labute approximate surface area is 157 Å². The minimum atomic E-state index is -0.347. The highest BCUT2D eigenvalue weighted by atomic mass is 79.9. The van der Waals surface area contributed by atoms with Gasteiger partial charge in [0, 0.05) is 29.8 Å². The summed E-state index contributed by atoms with van der Waals surface area (Å²) in [4.78, 5) is 15.1. The van der Waals surface area contributed by atoms with E-state index in [2.05, 4.69) is 32.2 Å². The number of carbonyl (C=O) groups is 1. The van der Waals surface area contributed by atoms with Gasteiger partial charge in [-0.05, 0) is 43.4 Å². The van der Waals surface area contributed by atoms with Gasteiger partial charge in [-0.1, -0.05) is 22.0 Å². The van der Waals surface area contributed by atoms with Crippen molar-refractivity contribution in [2.75, 3.05) is 44.8 Å². The standard InChI is InChI=1S/C19H25BrN2O3/c20-14-1-2-16-17(13-14)21-18(23)19(16)5-3-15(4-6-19)25-12-9-22-7-10-24-11-8-22/h1-2,13,15H,3-12H2,(H,21,23). The van der Waals surface area contributed by atoms with Crippen molar-refractivity contribution in [3.05, 3.63) is 28.2 Å². The van der Waals surface area contributed by atoms with Crippen molar-refractivity contribution in [1.82, 2.24) is 4.90 Å². The highest BCUT2D eigenvalue weighted by Crippen LogP contribution is 2.48. The number of ether oxygens (including phenoxy) is 2. The first-order valence-corrected chi connectivity index (χ1v) is 10.00. The normalized spacial score (nSPS) is 29.6. The number of nitrogens with zero attached hydrogens (tertiary/aromatic N) is 1. The molecule has 0 atom stereocenters. The van der Waals surface area contributed by atoms with Crippen LogP contribution in [-0.4, -0.2) is 56.4 Å². The van der Waals surface area contributed by atoms with E-state index in [1.165, 1.54) is 0 Å². The summed E-state index contributed by atoms with van der Waals surface area (Å²) in [6, 6.07) is 6.13. The van der Waals surface area contributed by atoms with E-state index in [1.54, 1.807) is 0 Å². The summed E-state index contributed by atoms with van der Waals surface area (Å²) in [7, 11) is 0. The summed E-state index contributed by atoms with van der Waals surface area (Å²) in [5.74, 6) is 0.160. The maximum Gasteiger partial charge on any atom is 0.235 e. The fourth-order valence-electron chi connectivity index (χ4n) is 4.32. The molecule has 1 spiro atoms. The number of nitrogens with one attached hydrogen (secondary N) is 1. The van der Waals surface area contributed by atoms with E-state index in [0.29, 0.717) is 0 Å². The number of amides is 1. The Morgan fingerprint density at radius 1 is 1.28 bits per heavy atom. The number of rotatable bonds is 4. The van der Waals surface area contributed by atoms with E-state index < -0.39 is 0 Å². The first-order valence-electron chi connectivity index (χ1n) is 9.21. The van der Waals surface area contributed by atoms with Gasteiger partial charge in [-0.3, -0.25) is 9.69 Å². The highest BCUT2D eigenvalue weighted by molar-refractivity contribution is 9.10. The molecule has 136 valence electrons. The number of halogens is 1. The molecule has 1 amide bonds. The molecule has 1 aromatic rings. The number of benzene rings is 1. The second kappa shape index (κ2) is 7.35. The van der Waals surface area contributed by atoms with Gasteiger partial charge in [-0.25, -0.2) is 0 Å². The van der Waals surface area contributed by atoms with E-state index in [4.69, 9.17) is 9.47 Å². The Hall–Kier alpha value is -0.950. The maximum absolute atomic E-state index is 12.7. The smallest absolute Gasteiger partial charge is 0.235 e. The molecular weight excluding hydrogens is 384 g/mol. The van der Waals surface area contributed by atoms with Gasteiger partial charge < -0.3 is 14.8 Å². The van der Waals surface area contributed by atoms with Gasteiger partial charge in [-0.15, -0.1) is 0 Å². The first-order chi connectivity index (χ1) is 12.2. The van der Waals surface area contributed by atoms with E-state index in [9.17, 15) is 4.79 Å². The molecule has 0 bridgehead atoms. The summed E-state index contributed by atoms with van der Waals surface area (Å²) >= 11 is 3.48. The molecule has 25 heavy (non-hydrogen) atoms. The molecule has 2 heterocycles. The molecule has 2 fully saturated rings. The Kier molecular flexibility index (Phi) is 5.13. The number of carbonyl (C=O) groups excluding carboxylic acids is 1. The summed E-state index contributed by atoms with van der Waals surface area (Å²) in [6.07, 6.45) is 3.92. The number of anilines is 1. The van der Waals surface area contributed by atoms with Crippen LogP contribution in [0.15, 0.2) is 22.7 Å². The molecule has 1 N–H and O–H groups in total. The van der Waals surface area contributed by atoms with Gasteiger partial charge in [0.05, 0.1) is 31.3 Å². The van der Waals surface area contributed by atoms with Crippen molar-refractivity contribution in [3.63, 3.8) is 0 Å². The molecule has 2 aliphatic heterocycles. The monoisotopic (exact) mass is 408 g/mol. The zero-order valence-electron chi connectivity index (χ0n) is 14.4. The van der Waals surface area contributed by atoms with Gasteiger partial charge in [-0.2, -0.15) is 0 Å². The van der Waals surface area contributed by atoms with Crippen molar-refractivity contribution in [2.45, 2.75) is 37.2 Å². The molecule has 0 unspecified atom stereocenters. The molecule has 1 aliphatic carbocycles. The largest absolute Gasteiger partial charge is 0.379 e. The molecule has 1 saturated heterocycles. The Morgan fingerprint density at radius 3 is 2.80 bits per heavy atom. The van der Waals surface area contributed by atoms with Crippen LogP contribution in [0.2, 0.25) is 0 Å². The lowest BCUT2D eigenvalue weighted by atomic mass is 9.69. The molecule has 5 nitrogen and oxygen atoms in total. The average molecular weight is 409 g/mol. The lowest BCUT2D eigenvalue weighted by Gasteiger charge is -2.36. The van der Waals surface area contributed by atoms with Gasteiger partial charge >= 0.3 is 0 Å². The van der Waals surface area contributed by atoms with Crippen molar-refractivity contribution in [3.8, 4) is 0 Å². The van der Waals surface area contributed by atoms with Gasteiger partial charge in [0.2, 0.25) is 5.91 Å². The zero-order chi connectivity index (χ0) is 17.3. The van der Waals surface area contributed by atoms with Crippen molar-refractivity contribution in [1.29, 1.82) is 0 Å².